The van der Waals surface area contributed by atoms with Gasteiger partial charge in [-0.3, -0.25) is 4.79 Å². The van der Waals surface area contributed by atoms with Crippen molar-refractivity contribution in [2.45, 2.75) is 12.5 Å². The summed E-state index contributed by atoms with van der Waals surface area (Å²) in [6.07, 6.45) is 2.18. The van der Waals surface area contributed by atoms with Crippen LogP contribution in [0.3, 0.4) is 0 Å². The van der Waals surface area contributed by atoms with Crippen LogP contribution in [-0.2, 0) is 11.2 Å². The van der Waals surface area contributed by atoms with E-state index in [2.05, 4.69) is 10.3 Å². The van der Waals surface area contributed by atoms with Gasteiger partial charge in [0.1, 0.15) is 5.82 Å². The summed E-state index contributed by atoms with van der Waals surface area (Å²) in [6, 6.07) is 4.72. The van der Waals surface area contributed by atoms with Gasteiger partial charge in [0.2, 0.25) is 5.91 Å². The van der Waals surface area contributed by atoms with Crippen LogP contribution in [0.15, 0.2) is 30.5 Å². The molecule has 1 unspecified atom stereocenters. The van der Waals surface area contributed by atoms with Gasteiger partial charge in [0.05, 0.1) is 5.69 Å². The molecule has 0 aliphatic rings. The third kappa shape index (κ3) is 2.94. The van der Waals surface area contributed by atoms with Gasteiger partial charge >= 0.3 is 0 Å². The van der Waals surface area contributed by atoms with Crippen molar-refractivity contribution in [2.75, 3.05) is 6.54 Å². The molecule has 1 atom stereocenters. The molecule has 1 aromatic heterocycles. The van der Waals surface area contributed by atoms with E-state index in [4.69, 9.17) is 11.5 Å². The predicted octanol–water partition coefficient (Wildman–Crippen LogP) is -0.00690. The van der Waals surface area contributed by atoms with Crippen LogP contribution in [0.4, 0.5) is 4.39 Å². The van der Waals surface area contributed by atoms with Crippen molar-refractivity contribution < 1.29 is 9.18 Å². The lowest BCUT2D eigenvalue weighted by Gasteiger charge is -2.13. The molecule has 0 saturated carbocycles. The van der Waals surface area contributed by atoms with Crippen molar-refractivity contribution in [1.29, 1.82) is 0 Å². The van der Waals surface area contributed by atoms with Gasteiger partial charge in [-0.1, -0.05) is 17.3 Å². The van der Waals surface area contributed by atoms with Crippen molar-refractivity contribution in [2.24, 2.45) is 11.5 Å². The Morgan fingerprint density at radius 3 is 2.63 bits per heavy atom. The van der Waals surface area contributed by atoms with Crippen LogP contribution in [0, 0.1) is 5.82 Å². The summed E-state index contributed by atoms with van der Waals surface area (Å²) in [6.45, 7) is 0.441. The maximum atomic E-state index is 12.9. The molecular formula is C12H14FN5O. The van der Waals surface area contributed by atoms with E-state index >= 15 is 0 Å². The number of hydrogen-bond donors (Lipinski definition) is 2. The summed E-state index contributed by atoms with van der Waals surface area (Å²) in [4.78, 5) is 11.6. The molecule has 0 radical (unpaired) electrons. The number of primary amides is 1. The number of halogens is 1. The fourth-order valence-corrected chi connectivity index (χ4v) is 1.79. The lowest BCUT2D eigenvalue weighted by Crippen LogP contribution is -2.28. The fraction of sp³-hybridized carbons (Fsp3) is 0.250. The molecule has 0 saturated heterocycles. The molecule has 0 spiro atoms. The molecule has 1 aromatic carbocycles. The minimum Gasteiger partial charge on any atom is -0.368 e. The van der Waals surface area contributed by atoms with Crippen LogP contribution in [0.25, 0.3) is 0 Å². The Hall–Kier alpha value is -2.28. The van der Waals surface area contributed by atoms with E-state index in [0.29, 0.717) is 24.2 Å². The van der Waals surface area contributed by atoms with E-state index in [1.165, 1.54) is 28.9 Å². The highest BCUT2D eigenvalue weighted by Crippen LogP contribution is 2.17. The molecule has 19 heavy (non-hydrogen) atoms. The predicted molar refractivity (Wildman–Crippen MR) is 66.5 cm³/mol. The lowest BCUT2D eigenvalue weighted by atomic mass is 10.1. The molecule has 0 bridgehead atoms. The van der Waals surface area contributed by atoms with Gasteiger partial charge in [-0.25, -0.2) is 9.07 Å². The highest BCUT2D eigenvalue weighted by Gasteiger charge is 2.21. The van der Waals surface area contributed by atoms with E-state index in [9.17, 15) is 9.18 Å². The molecule has 6 nitrogen and oxygen atoms in total. The normalized spacial score (nSPS) is 12.3. The zero-order chi connectivity index (χ0) is 13.8. The van der Waals surface area contributed by atoms with Crippen LogP contribution >= 0.6 is 0 Å². The summed E-state index contributed by atoms with van der Waals surface area (Å²) in [5.41, 5.74) is 12.0. The zero-order valence-electron chi connectivity index (χ0n) is 10.2. The Balaban J connectivity index is 2.34. The van der Waals surface area contributed by atoms with Gasteiger partial charge in [-0.05, 0) is 24.2 Å². The first-order valence-corrected chi connectivity index (χ1v) is 5.77. The first kappa shape index (κ1) is 13.2. The standard InChI is InChI=1S/C12H14FN5O/c13-9-3-1-8(2-4-9)11(12(15)19)18-7-10(5-6-14)16-17-18/h1-4,7,11H,5-6,14H2,(H2,15,19). The van der Waals surface area contributed by atoms with Crippen LogP contribution in [0.2, 0.25) is 0 Å². The Bertz CT molecular complexity index is 566. The summed E-state index contributed by atoms with van der Waals surface area (Å²) in [5.74, 6) is -0.967. The minimum atomic E-state index is -0.806. The summed E-state index contributed by atoms with van der Waals surface area (Å²) < 4.78 is 14.3. The first-order chi connectivity index (χ1) is 9.11. The third-order valence-corrected chi connectivity index (χ3v) is 2.68. The largest absolute Gasteiger partial charge is 0.368 e. The average Bonchev–Trinajstić information content (AvgIpc) is 2.80. The number of benzene rings is 1. The topological polar surface area (TPSA) is 99.8 Å². The van der Waals surface area contributed by atoms with Crippen molar-refractivity contribution >= 4 is 5.91 Å². The molecule has 0 fully saturated rings. The number of carbonyl (C=O) groups excluding carboxylic acids is 1. The number of nitrogens with two attached hydrogens (primary N) is 2. The minimum absolute atomic E-state index is 0.380. The molecule has 0 aliphatic heterocycles. The van der Waals surface area contributed by atoms with E-state index < -0.39 is 11.9 Å². The number of rotatable bonds is 5. The second-order valence-corrected chi connectivity index (χ2v) is 4.09. The lowest BCUT2D eigenvalue weighted by molar-refractivity contribution is -0.120. The number of aromatic nitrogens is 3. The first-order valence-electron chi connectivity index (χ1n) is 5.77. The Morgan fingerprint density at radius 2 is 2.05 bits per heavy atom. The van der Waals surface area contributed by atoms with Crippen molar-refractivity contribution in [3.8, 4) is 0 Å². The number of hydrogen-bond acceptors (Lipinski definition) is 4. The molecule has 100 valence electrons. The van der Waals surface area contributed by atoms with Crippen LogP contribution in [0.5, 0.6) is 0 Å². The van der Waals surface area contributed by atoms with E-state index in [1.807, 2.05) is 0 Å². The number of carbonyl (C=O) groups is 1. The quantitative estimate of drug-likeness (QED) is 0.792. The van der Waals surface area contributed by atoms with Crippen molar-refractivity contribution in [1.82, 2.24) is 15.0 Å². The van der Waals surface area contributed by atoms with E-state index in [1.54, 1.807) is 6.20 Å². The van der Waals surface area contributed by atoms with Gasteiger partial charge in [0, 0.05) is 12.6 Å². The monoisotopic (exact) mass is 263 g/mol. The van der Waals surface area contributed by atoms with Crippen molar-refractivity contribution in [3.63, 3.8) is 0 Å². The molecule has 0 aliphatic carbocycles. The fourth-order valence-electron chi connectivity index (χ4n) is 1.79. The zero-order valence-corrected chi connectivity index (χ0v) is 10.2. The maximum Gasteiger partial charge on any atom is 0.246 e. The van der Waals surface area contributed by atoms with Crippen molar-refractivity contribution in [3.05, 3.63) is 47.5 Å². The number of amides is 1. The smallest absolute Gasteiger partial charge is 0.246 e. The maximum absolute atomic E-state index is 12.9. The highest BCUT2D eigenvalue weighted by atomic mass is 19.1. The molecule has 2 rings (SSSR count). The molecule has 4 N–H and O–H groups in total. The second kappa shape index (κ2) is 5.57. The molecular weight excluding hydrogens is 249 g/mol. The Labute approximate surface area is 109 Å². The number of nitrogens with zero attached hydrogens (tertiary/aromatic N) is 3. The van der Waals surface area contributed by atoms with Crippen LogP contribution < -0.4 is 11.5 Å². The summed E-state index contributed by atoms with van der Waals surface area (Å²) in [5, 5.41) is 7.78. The van der Waals surface area contributed by atoms with Crippen LogP contribution in [-0.4, -0.2) is 27.4 Å². The van der Waals surface area contributed by atoms with Gasteiger partial charge in [-0.15, -0.1) is 5.10 Å². The second-order valence-electron chi connectivity index (χ2n) is 4.09. The Kier molecular flexibility index (Phi) is 3.86. The van der Waals surface area contributed by atoms with E-state index in [-0.39, 0.29) is 5.82 Å². The average molecular weight is 263 g/mol. The van der Waals surface area contributed by atoms with Gasteiger partial charge < -0.3 is 11.5 Å². The van der Waals surface area contributed by atoms with Gasteiger partial charge in [0.15, 0.2) is 6.04 Å². The van der Waals surface area contributed by atoms with E-state index in [0.717, 1.165) is 0 Å². The molecule has 1 heterocycles. The molecule has 1 amide bonds. The summed E-state index contributed by atoms with van der Waals surface area (Å²) in [7, 11) is 0. The summed E-state index contributed by atoms with van der Waals surface area (Å²) >= 11 is 0. The highest BCUT2D eigenvalue weighted by molar-refractivity contribution is 5.81. The molecule has 7 heteroatoms. The molecule has 2 aromatic rings. The third-order valence-electron chi connectivity index (χ3n) is 2.68. The Morgan fingerprint density at radius 1 is 1.37 bits per heavy atom. The van der Waals surface area contributed by atoms with Gasteiger partial charge in [0.25, 0.3) is 0 Å². The van der Waals surface area contributed by atoms with Crippen LogP contribution in [0.1, 0.15) is 17.3 Å². The SMILES string of the molecule is NCCc1cn(C(C(N)=O)c2ccc(F)cc2)nn1. The van der Waals surface area contributed by atoms with Gasteiger partial charge in [-0.2, -0.15) is 0 Å².